The van der Waals surface area contributed by atoms with Crippen molar-refractivity contribution >= 4 is 45.5 Å². The minimum Gasteiger partial charge on any atom is -0.454 e. The van der Waals surface area contributed by atoms with E-state index in [4.69, 9.17) is 9.52 Å². The lowest BCUT2D eigenvalue weighted by atomic mass is 10.2. The van der Waals surface area contributed by atoms with Gasteiger partial charge in [0.15, 0.2) is 11.6 Å². The number of aromatic nitrogens is 5. The van der Waals surface area contributed by atoms with Gasteiger partial charge in [0, 0.05) is 17.1 Å². The van der Waals surface area contributed by atoms with Crippen LogP contribution < -0.4 is 10.1 Å². The lowest BCUT2D eigenvalue weighted by molar-refractivity contribution is 0.627. The molecule has 0 bridgehead atoms. The maximum atomic E-state index is 13.3. The van der Waals surface area contributed by atoms with E-state index in [9.17, 15) is 4.79 Å². The Bertz CT molecular complexity index is 2020. The second-order valence-electron chi connectivity index (χ2n) is 8.69. The van der Waals surface area contributed by atoms with Crippen LogP contribution in [-0.4, -0.2) is 24.4 Å². The van der Waals surface area contributed by atoms with Gasteiger partial charge >= 0.3 is 0 Å². The Balaban J connectivity index is 1.33. The maximum absolute atomic E-state index is 13.3. The number of benzene rings is 3. The SMILES string of the molecule is O=c1/c(=C/c2cn(-c3ccccc3)nc2-c2cc3ccccc3o2)sc2nc(/C=C/c3ccccc3)nn12. The van der Waals surface area contributed by atoms with Crippen LogP contribution in [0.25, 0.3) is 51.3 Å². The summed E-state index contributed by atoms with van der Waals surface area (Å²) in [5, 5.41) is 10.2. The number of thiazole rings is 1. The molecule has 0 aliphatic heterocycles. The largest absolute Gasteiger partial charge is 0.454 e. The lowest BCUT2D eigenvalue weighted by Crippen LogP contribution is -2.23. The predicted octanol–water partition coefficient (Wildman–Crippen LogP) is 5.47. The summed E-state index contributed by atoms with van der Waals surface area (Å²) in [6, 6.07) is 29.5. The smallest absolute Gasteiger partial charge is 0.291 e. The van der Waals surface area contributed by atoms with Crippen molar-refractivity contribution in [1.29, 1.82) is 0 Å². The molecular formula is C30H19N5O2S. The van der Waals surface area contributed by atoms with E-state index in [-0.39, 0.29) is 5.56 Å². The van der Waals surface area contributed by atoms with E-state index in [1.165, 1.54) is 15.9 Å². The zero-order valence-corrected chi connectivity index (χ0v) is 20.7. The first-order valence-corrected chi connectivity index (χ1v) is 12.8. The monoisotopic (exact) mass is 513 g/mol. The quantitative estimate of drug-likeness (QED) is 0.305. The van der Waals surface area contributed by atoms with E-state index in [0.29, 0.717) is 26.8 Å². The van der Waals surface area contributed by atoms with Crippen LogP contribution in [0.5, 0.6) is 0 Å². The van der Waals surface area contributed by atoms with Gasteiger partial charge < -0.3 is 4.42 Å². The van der Waals surface area contributed by atoms with Crippen molar-refractivity contribution in [2.45, 2.75) is 0 Å². The van der Waals surface area contributed by atoms with Crippen molar-refractivity contribution in [3.05, 3.63) is 129 Å². The normalized spacial score (nSPS) is 12.4. The molecule has 0 saturated heterocycles. The van der Waals surface area contributed by atoms with Crippen LogP contribution >= 0.6 is 11.3 Å². The first-order chi connectivity index (χ1) is 18.7. The molecule has 182 valence electrons. The fourth-order valence-corrected chi connectivity index (χ4v) is 5.20. The van der Waals surface area contributed by atoms with E-state index >= 15 is 0 Å². The Kier molecular flexibility index (Phi) is 5.30. The van der Waals surface area contributed by atoms with Crippen LogP contribution in [0.1, 0.15) is 17.0 Å². The highest BCUT2D eigenvalue weighted by molar-refractivity contribution is 7.15. The summed E-state index contributed by atoms with van der Waals surface area (Å²) in [5.41, 5.74) is 3.91. The third-order valence-corrected chi connectivity index (χ3v) is 7.09. The topological polar surface area (TPSA) is 78.2 Å². The van der Waals surface area contributed by atoms with Crippen LogP contribution in [0.2, 0.25) is 0 Å². The van der Waals surface area contributed by atoms with E-state index in [1.807, 2.05) is 109 Å². The molecule has 4 aromatic heterocycles. The second-order valence-corrected chi connectivity index (χ2v) is 9.69. The van der Waals surface area contributed by atoms with Crippen molar-refractivity contribution in [3.8, 4) is 17.1 Å². The number of para-hydroxylation sites is 2. The Morgan fingerprint density at radius 3 is 2.39 bits per heavy atom. The zero-order valence-electron chi connectivity index (χ0n) is 19.9. The molecule has 0 N–H and O–H groups in total. The van der Waals surface area contributed by atoms with Gasteiger partial charge in [-0.3, -0.25) is 4.79 Å². The van der Waals surface area contributed by atoms with Gasteiger partial charge in [-0.15, -0.1) is 5.10 Å². The lowest BCUT2D eigenvalue weighted by Gasteiger charge is -1.98. The first kappa shape index (κ1) is 22.1. The van der Waals surface area contributed by atoms with Crippen molar-refractivity contribution in [3.63, 3.8) is 0 Å². The highest BCUT2D eigenvalue weighted by Gasteiger charge is 2.17. The molecule has 8 heteroatoms. The summed E-state index contributed by atoms with van der Waals surface area (Å²) < 4.78 is 9.79. The van der Waals surface area contributed by atoms with Crippen molar-refractivity contribution in [2.75, 3.05) is 0 Å². The minimum atomic E-state index is -0.222. The van der Waals surface area contributed by atoms with Gasteiger partial charge in [-0.05, 0) is 42.0 Å². The molecule has 4 heterocycles. The molecule has 0 radical (unpaired) electrons. The van der Waals surface area contributed by atoms with Crippen LogP contribution in [-0.2, 0) is 0 Å². The molecule has 0 aliphatic rings. The predicted molar refractivity (Wildman–Crippen MR) is 150 cm³/mol. The van der Waals surface area contributed by atoms with Crippen LogP contribution in [0.4, 0.5) is 0 Å². The minimum absolute atomic E-state index is 0.222. The van der Waals surface area contributed by atoms with Gasteiger partial charge in [0.1, 0.15) is 11.3 Å². The number of rotatable bonds is 5. The average molecular weight is 514 g/mol. The molecule has 0 unspecified atom stereocenters. The Hall–Kier alpha value is -5.08. The molecule has 0 aliphatic carbocycles. The number of hydrogen-bond acceptors (Lipinski definition) is 6. The number of hydrogen-bond donors (Lipinski definition) is 0. The summed E-state index contributed by atoms with van der Waals surface area (Å²) >= 11 is 1.29. The Morgan fingerprint density at radius 1 is 0.842 bits per heavy atom. The summed E-state index contributed by atoms with van der Waals surface area (Å²) in [4.78, 5) is 18.3. The summed E-state index contributed by atoms with van der Waals surface area (Å²) in [5.74, 6) is 1.12. The van der Waals surface area contributed by atoms with Crippen LogP contribution in [0.3, 0.4) is 0 Å². The van der Waals surface area contributed by atoms with Crippen molar-refractivity contribution in [1.82, 2.24) is 24.4 Å². The van der Waals surface area contributed by atoms with Crippen LogP contribution in [0, 0.1) is 0 Å². The van der Waals surface area contributed by atoms with E-state index in [2.05, 4.69) is 10.1 Å². The highest BCUT2D eigenvalue weighted by atomic mass is 32.1. The van der Waals surface area contributed by atoms with E-state index < -0.39 is 0 Å². The zero-order chi connectivity index (χ0) is 25.5. The maximum Gasteiger partial charge on any atom is 0.291 e. The number of fused-ring (bicyclic) bond motifs is 2. The van der Waals surface area contributed by atoms with E-state index in [1.54, 1.807) is 10.8 Å². The summed E-state index contributed by atoms with van der Waals surface area (Å²) in [7, 11) is 0. The molecule has 7 aromatic rings. The molecule has 0 atom stereocenters. The van der Waals surface area contributed by atoms with Gasteiger partial charge in [0.2, 0.25) is 4.96 Å². The highest BCUT2D eigenvalue weighted by Crippen LogP contribution is 2.30. The van der Waals surface area contributed by atoms with Gasteiger partial charge in [0.05, 0.1) is 10.2 Å². The first-order valence-electron chi connectivity index (χ1n) is 12.0. The van der Waals surface area contributed by atoms with Crippen LogP contribution in [0.15, 0.2) is 106 Å². The number of nitrogens with zero attached hydrogens (tertiary/aromatic N) is 5. The van der Waals surface area contributed by atoms with Crippen molar-refractivity contribution in [2.24, 2.45) is 0 Å². The molecule has 0 saturated carbocycles. The van der Waals surface area contributed by atoms with Gasteiger partial charge in [-0.25, -0.2) is 4.68 Å². The van der Waals surface area contributed by atoms with Gasteiger partial charge in [0.25, 0.3) is 5.56 Å². The molecular weight excluding hydrogens is 494 g/mol. The second kappa shape index (κ2) is 9.10. The average Bonchev–Trinajstić information content (AvgIpc) is 3.73. The fraction of sp³-hybridized carbons (Fsp3) is 0. The Labute approximate surface area is 220 Å². The van der Waals surface area contributed by atoms with E-state index in [0.717, 1.165) is 27.8 Å². The Morgan fingerprint density at radius 2 is 1.61 bits per heavy atom. The molecule has 0 fully saturated rings. The molecule has 0 amide bonds. The van der Waals surface area contributed by atoms with Gasteiger partial charge in [-0.1, -0.05) is 84.1 Å². The summed E-state index contributed by atoms with van der Waals surface area (Å²) in [6.07, 6.45) is 7.47. The molecule has 38 heavy (non-hydrogen) atoms. The molecule has 0 spiro atoms. The fourth-order valence-electron chi connectivity index (χ4n) is 4.29. The number of furan rings is 1. The van der Waals surface area contributed by atoms with Gasteiger partial charge in [-0.2, -0.15) is 14.6 Å². The third kappa shape index (κ3) is 4.03. The summed E-state index contributed by atoms with van der Waals surface area (Å²) in [6.45, 7) is 0. The van der Waals surface area contributed by atoms with Crippen molar-refractivity contribution < 1.29 is 4.42 Å². The molecule has 7 nitrogen and oxygen atoms in total. The third-order valence-electron chi connectivity index (χ3n) is 6.13. The standard InChI is InChI=1S/C30H19N5O2S/c36-29-26(38-30-31-27(32-35(29)30)16-15-20-9-3-1-4-10-20)18-22-19-34(23-12-5-2-6-13-23)33-28(22)25-17-21-11-7-8-14-24(21)37-25/h1-19H/b16-15+,26-18-. The molecule has 3 aromatic carbocycles. The molecule has 7 rings (SSSR count).